The SMILES string of the molecule is CC(=O)Oc1ccc(/C=N\n2c(=S)[nH]nc(CCC(=O)O)c2=O)cc1. The van der Waals surface area contributed by atoms with Crippen molar-refractivity contribution in [3.05, 3.63) is 50.6 Å². The Hall–Kier alpha value is -3.14. The van der Waals surface area contributed by atoms with Crippen LogP contribution in [-0.4, -0.2) is 38.1 Å². The van der Waals surface area contributed by atoms with Crippen LogP contribution in [0.1, 0.15) is 24.6 Å². The molecular formula is C15H14N4O5S. The first-order valence-corrected chi connectivity index (χ1v) is 7.53. The lowest BCUT2D eigenvalue weighted by molar-refractivity contribution is -0.137. The van der Waals surface area contributed by atoms with Crippen LogP contribution in [0, 0.1) is 4.77 Å². The molecule has 2 rings (SSSR count). The average Bonchev–Trinajstić information content (AvgIpc) is 2.55. The van der Waals surface area contributed by atoms with Crippen molar-refractivity contribution in [2.45, 2.75) is 19.8 Å². The van der Waals surface area contributed by atoms with Gasteiger partial charge in [0.05, 0.1) is 12.6 Å². The molecule has 0 saturated carbocycles. The number of carbonyl (C=O) groups excluding carboxylic acids is 1. The molecule has 0 fully saturated rings. The first-order valence-electron chi connectivity index (χ1n) is 7.12. The summed E-state index contributed by atoms with van der Waals surface area (Å²) in [4.78, 5) is 33.7. The van der Waals surface area contributed by atoms with Gasteiger partial charge in [-0.25, -0.2) is 0 Å². The molecule has 0 radical (unpaired) electrons. The van der Waals surface area contributed by atoms with Gasteiger partial charge in [0.2, 0.25) is 4.77 Å². The minimum atomic E-state index is -1.04. The predicted molar refractivity (Wildman–Crippen MR) is 90.4 cm³/mol. The van der Waals surface area contributed by atoms with Crippen molar-refractivity contribution in [3.63, 3.8) is 0 Å². The first kappa shape index (κ1) is 18.2. The normalized spacial score (nSPS) is 10.8. The lowest BCUT2D eigenvalue weighted by Crippen LogP contribution is -2.25. The van der Waals surface area contributed by atoms with Crippen LogP contribution in [0.4, 0.5) is 0 Å². The zero-order chi connectivity index (χ0) is 18.4. The molecule has 1 aromatic carbocycles. The van der Waals surface area contributed by atoms with Crippen molar-refractivity contribution in [1.82, 2.24) is 14.9 Å². The fraction of sp³-hybridized carbons (Fsp3) is 0.200. The van der Waals surface area contributed by atoms with Crippen molar-refractivity contribution < 1.29 is 19.4 Å². The Morgan fingerprint density at radius 3 is 2.68 bits per heavy atom. The molecule has 2 aromatic rings. The molecule has 0 aliphatic carbocycles. The Labute approximate surface area is 146 Å². The van der Waals surface area contributed by atoms with Crippen LogP contribution in [0.3, 0.4) is 0 Å². The smallest absolute Gasteiger partial charge is 0.308 e. The third-order valence-electron chi connectivity index (χ3n) is 2.96. The van der Waals surface area contributed by atoms with Crippen LogP contribution < -0.4 is 10.3 Å². The summed E-state index contributed by atoms with van der Waals surface area (Å²) in [6.45, 7) is 1.30. The van der Waals surface area contributed by atoms with Crippen LogP contribution in [-0.2, 0) is 16.0 Å². The molecule has 0 spiro atoms. The molecule has 0 unspecified atom stereocenters. The van der Waals surface area contributed by atoms with Crippen molar-refractivity contribution in [3.8, 4) is 5.75 Å². The Bertz CT molecular complexity index is 930. The third kappa shape index (κ3) is 5.18. The number of esters is 1. The van der Waals surface area contributed by atoms with Gasteiger partial charge in [-0.3, -0.25) is 19.5 Å². The number of aromatic amines is 1. The highest BCUT2D eigenvalue weighted by Crippen LogP contribution is 2.11. The molecule has 1 heterocycles. The zero-order valence-corrected chi connectivity index (χ0v) is 13.9. The van der Waals surface area contributed by atoms with Crippen molar-refractivity contribution in [1.29, 1.82) is 0 Å². The van der Waals surface area contributed by atoms with Gasteiger partial charge in [-0.15, -0.1) is 0 Å². The standard InChI is InChI=1S/C15H14N4O5S/c1-9(20)24-11-4-2-10(3-5-11)8-16-19-14(23)12(6-7-13(21)22)17-18-15(19)25/h2-5,8H,6-7H2,1H3,(H,18,25)(H,21,22)/b16-8-. The summed E-state index contributed by atoms with van der Waals surface area (Å²) in [7, 11) is 0. The predicted octanol–water partition coefficient (Wildman–Crippen LogP) is 1.13. The number of aliphatic carboxylic acids is 1. The number of aromatic nitrogens is 3. The summed E-state index contributed by atoms with van der Waals surface area (Å²) in [5.41, 5.74) is 0.0808. The van der Waals surface area contributed by atoms with Gasteiger partial charge in [-0.1, -0.05) is 0 Å². The largest absolute Gasteiger partial charge is 0.481 e. The second-order valence-electron chi connectivity index (χ2n) is 4.89. The van der Waals surface area contributed by atoms with Crippen molar-refractivity contribution in [2.24, 2.45) is 5.10 Å². The van der Waals surface area contributed by atoms with E-state index in [9.17, 15) is 14.4 Å². The fourth-order valence-electron chi connectivity index (χ4n) is 1.83. The van der Waals surface area contributed by atoms with Gasteiger partial charge < -0.3 is 9.84 Å². The molecule has 130 valence electrons. The summed E-state index contributed by atoms with van der Waals surface area (Å²) in [6.07, 6.45) is 1.13. The molecule has 0 amide bonds. The number of benzene rings is 1. The van der Waals surface area contributed by atoms with Gasteiger partial charge in [0, 0.05) is 13.3 Å². The van der Waals surface area contributed by atoms with E-state index >= 15 is 0 Å². The summed E-state index contributed by atoms with van der Waals surface area (Å²) < 4.78 is 5.83. The highest BCUT2D eigenvalue weighted by atomic mass is 32.1. The van der Waals surface area contributed by atoms with E-state index in [0.717, 1.165) is 4.68 Å². The van der Waals surface area contributed by atoms with E-state index in [1.807, 2.05) is 0 Å². The molecule has 0 aliphatic rings. The number of aryl methyl sites for hydroxylation is 1. The van der Waals surface area contributed by atoms with Gasteiger partial charge in [0.1, 0.15) is 11.4 Å². The van der Waals surface area contributed by atoms with Crippen LogP contribution in [0.15, 0.2) is 34.2 Å². The first-order chi connectivity index (χ1) is 11.9. The number of ether oxygens (including phenoxy) is 1. The van der Waals surface area contributed by atoms with Gasteiger partial charge in [0.15, 0.2) is 0 Å². The van der Waals surface area contributed by atoms with Gasteiger partial charge >= 0.3 is 11.9 Å². The Kier molecular flexibility index (Phi) is 5.90. The summed E-state index contributed by atoms with van der Waals surface area (Å²) in [5.74, 6) is -1.07. The number of H-pyrrole nitrogens is 1. The lowest BCUT2D eigenvalue weighted by Gasteiger charge is -2.02. The quantitative estimate of drug-likeness (QED) is 0.341. The monoisotopic (exact) mass is 362 g/mol. The molecule has 0 aliphatic heterocycles. The van der Waals surface area contributed by atoms with E-state index in [4.69, 9.17) is 22.1 Å². The summed E-state index contributed by atoms with van der Waals surface area (Å²) >= 11 is 4.98. The molecule has 0 bridgehead atoms. The third-order valence-corrected chi connectivity index (χ3v) is 3.22. The van der Waals surface area contributed by atoms with E-state index in [1.165, 1.54) is 13.1 Å². The number of hydrogen-bond donors (Lipinski definition) is 2. The van der Waals surface area contributed by atoms with E-state index in [1.54, 1.807) is 24.3 Å². The maximum absolute atomic E-state index is 12.2. The number of nitrogens with zero attached hydrogens (tertiary/aromatic N) is 3. The highest BCUT2D eigenvalue weighted by molar-refractivity contribution is 7.71. The maximum atomic E-state index is 12.2. The second kappa shape index (κ2) is 8.11. The van der Waals surface area contributed by atoms with E-state index in [0.29, 0.717) is 11.3 Å². The Morgan fingerprint density at radius 1 is 1.40 bits per heavy atom. The molecular weight excluding hydrogens is 348 g/mol. The average molecular weight is 362 g/mol. The molecule has 1 aromatic heterocycles. The number of carboxylic acid groups (broad SMARTS) is 1. The highest BCUT2D eigenvalue weighted by Gasteiger charge is 2.09. The molecule has 2 N–H and O–H groups in total. The van der Waals surface area contributed by atoms with Crippen LogP contribution in [0.5, 0.6) is 5.75 Å². The van der Waals surface area contributed by atoms with E-state index in [-0.39, 0.29) is 23.3 Å². The minimum Gasteiger partial charge on any atom is -0.481 e. The fourth-order valence-corrected chi connectivity index (χ4v) is 2.01. The topological polar surface area (TPSA) is 127 Å². The summed E-state index contributed by atoms with van der Waals surface area (Å²) in [6, 6.07) is 6.45. The van der Waals surface area contributed by atoms with Gasteiger partial charge in [-0.2, -0.15) is 14.9 Å². The van der Waals surface area contributed by atoms with E-state index < -0.39 is 17.5 Å². The van der Waals surface area contributed by atoms with Gasteiger partial charge in [-0.05, 0) is 42.0 Å². The Morgan fingerprint density at radius 2 is 2.08 bits per heavy atom. The van der Waals surface area contributed by atoms with Crippen LogP contribution in [0.2, 0.25) is 0 Å². The number of nitrogens with one attached hydrogen (secondary N) is 1. The molecule has 0 atom stereocenters. The molecule has 10 heteroatoms. The van der Waals surface area contributed by atoms with Crippen LogP contribution in [0.25, 0.3) is 0 Å². The van der Waals surface area contributed by atoms with Crippen molar-refractivity contribution in [2.75, 3.05) is 0 Å². The number of rotatable bonds is 6. The second-order valence-corrected chi connectivity index (χ2v) is 5.28. The zero-order valence-electron chi connectivity index (χ0n) is 13.1. The summed E-state index contributed by atoms with van der Waals surface area (Å²) in [5, 5.41) is 18.9. The number of carboxylic acids is 1. The minimum absolute atomic E-state index is 0.0168. The number of hydrogen-bond acceptors (Lipinski definition) is 7. The van der Waals surface area contributed by atoms with Crippen molar-refractivity contribution >= 4 is 30.4 Å². The molecule has 9 nitrogen and oxygen atoms in total. The Balaban J connectivity index is 2.24. The number of carbonyl (C=O) groups is 2. The molecule has 0 saturated heterocycles. The lowest BCUT2D eigenvalue weighted by atomic mass is 10.2. The van der Waals surface area contributed by atoms with E-state index in [2.05, 4.69) is 15.3 Å². The maximum Gasteiger partial charge on any atom is 0.308 e. The molecule has 25 heavy (non-hydrogen) atoms. The van der Waals surface area contributed by atoms with Crippen LogP contribution >= 0.6 is 12.2 Å². The van der Waals surface area contributed by atoms with Gasteiger partial charge in [0.25, 0.3) is 5.56 Å².